The first-order chi connectivity index (χ1) is 17.6. The summed E-state index contributed by atoms with van der Waals surface area (Å²) in [5.41, 5.74) is 3.08. The molecule has 184 valence electrons. The number of allylic oxidation sites excluding steroid dienone is 4. The fraction of sp³-hybridized carbons (Fsp3) is 0.300. The lowest BCUT2D eigenvalue weighted by Gasteiger charge is -2.38. The van der Waals surface area contributed by atoms with Crippen LogP contribution in [-0.4, -0.2) is 47.3 Å². The number of terminal acetylenes is 1. The lowest BCUT2D eigenvalue weighted by atomic mass is 9.84. The number of hydrogen-bond donors (Lipinski definition) is 1. The normalized spacial score (nSPS) is 21.9. The highest BCUT2D eigenvalue weighted by molar-refractivity contribution is 6.30. The van der Waals surface area contributed by atoms with Gasteiger partial charge in [-0.05, 0) is 66.8 Å². The number of pyridine rings is 1. The molecular formula is C30H29ClN2O3. The fourth-order valence-electron chi connectivity index (χ4n) is 4.92. The van der Waals surface area contributed by atoms with Crippen molar-refractivity contribution in [1.29, 1.82) is 0 Å². The van der Waals surface area contributed by atoms with Crippen molar-refractivity contribution in [2.75, 3.05) is 26.2 Å². The van der Waals surface area contributed by atoms with E-state index in [4.69, 9.17) is 27.5 Å². The van der Waals surface area contributed by atoms with Crippen molar-refractivity contribution in [2.45, 2.75) is 31.0 Å². The lowest BCUT2D eigenvalue weighted by Crippen LogP contribution is -2.42. The van der Waals surface area contributed by atoms with Crippen molar-refractivity contribution in [3.05, 3.63) is 100 Å². The second-order valence-corrected chi connectivity index (χ2v) is 9.67. The smallest absolute Gasteiger partial charge is 0.227 e. The number of hydrogen-bond acceptors (Lipinski definition) is 5. The van der Waals surface area contributed by atoms with Crippen molar-refractivity contribution >= 4 is 17.2 Å². The van der Waals surface area contributed by atoms with E-state index in [0.29, 0.717) is 23.7 Å². The van der Waals surface area contributed by atoms with E-state index in [2.05, 4.69) is 28.0 Å². The quantitative estimate of drug-likeness (QED) is 0.547. The van der Waals surface area contributed by atoms with Crippen LogP contribution in [0.2, 0.25) is 5.02 Å². The first kappa shape index (κ1) is 24.5. The van der Waals surface area contributed by atoms with E-state index in [1.807, 2.05) is 54.6 Å². The van der Waals surface area contributed by atoms with E-state index in [9.17, 15) is 5.11 Å². The predicted molar refractivity (Wildman–Crippen MR) is 142 cm³/mol. The Labute approximate surface area is 217 Å². The van der Waals surface area contributed by atoms with Gasteiger partial charge in [0, 0.05) is 42.0 Å². The third-order valence-corrected chi connectivity index (χ3v) is 7.20. The molecule has 0 saturated carbocycles. The Bertz CT molecular complexity index is 1260. The molecule has 3 heterocycles. The number of aromatic nitrogens is 1. The lowest BCUT2D eigenvalue weighted by molar-refractivity contribution is -0.0254. The molecule has 2 aromatic rings. The highest BCUT2D eigenvalue weighted by Crippen LogP contribution is 2.37. The summed E-state index contributed by atoms with van der Waals surface area (Å²) in [5.74, 6) is 3.85. The van der Waals surface area contributed by atoms with Crippen LogP contribution in [0.5, 0.6) is 5.88 Å². The summed E-state index contributed by atoms with van der Waals surface area (Å²) < 4.78 is 12.0. The van der Waals surface area contributed by atoms with Gasteiger partial charge in [0.25, 0.3) is 0 Å². The summed E-state index contributed by atoms with van der Waals surface area (Å²) >= 11 is 6.02. The van der Waals surface area contributed by atoms with E-state index < -0.39 is 5.60 Å². The van der Waals surface area contributed by atoms with Crippen LogP contribution in [0, 0.1) is 12.3 Å². The van der Waals surface area contributed by atoms with Gasteiger partial charge in [0.2, 0.25) is 5.88 Å². The summed E-state index contributed by atoms with van der Waals surface area (Å²) in [6.45, 7) is 2.80. The zero-order valence-electron chi connectivity index (χ0n) is 20.1. The number of aliphatic hydroxyl groups is 1. The molecule has 1 aromatic heterocycles. The molecule has 0 bridgehead atoms. The number of benzene rings is 1. The Kier molecular flexibility index (Phi) is 7.41. The predicted octanol–water partition coefficient (Wildman–Crippen LogP) is 5.28. The van der Waals surface area contributed by atoms with Gasteiger partial charge in [0.1, 0.15) is 18.5 Å². The van der Waals surface area contributed by atoms with Crippen LogP contribution in [0.1, 0.15) is 30.4 Å². The Morgan fingerprint density at radius 3 is 2.83 bits per heavy atom. The van der Waals surface area contributed by atoms with Gasteiger partial charge in [-0.15, -0.1) is 6.42 Å². The van der Waals surface area contributed by atoms with Crippen LogP contribution in [-0.2, 0) is 10.3 Å². The maximum Gasteiger partial charge on any atom is 0.227 e. The molecule has 1 aromatic carbocycles. The molecule has 1 N–H and O–H groups in total. The molecule has 5 rings (SSSR count). The van der Waals surface area contributed by atoms with E-state index in [-0.39, 0.29) is 12.7 Å². The third-order valence-electron chi connectivity index (χ3n) is 6.94. The van der Waals surface area contributed by atoms with E-state index in [0.717, 1.165) is 54.1 Å². The number of fused-ring (bicyclic) bond motifs is 2. The van der Waals surface area contributed by atoms with Crippen LogP contribution in [0.3, 0.4) is 0 Å². The molecule has 1 fully saturated rings. The van der Waals surface area contributed by atoms with Crippen LogP contribution in [0.4, 0.5) is 0 Å². The minimum atomic E-state index is -0.794. The Hall–Kier alpha value is -3.14. The summed E-state index contributed by atoms with van der Waals surface area (Å²) in [7, 11) is 0. The van der Waals surface area contributed by atoms with Crippen LogP contribution >= 0.6 is 11.6 Å². The van der Waals surface area contributed by atoms with Gasteiger partial charge < -0.3 is 19.5 Å². The monoisotopic (exact) mass is 500 g/mol. The molecule has 5 nitrogen and oxygen atoms in total. The van der Waals surface area contributed by atoms with Gasteiger partial charge in [-0.25, -0.2) is 4.98 Å². The average Bonchev–Trinajstić information content (AvgIpc) is 3.06. The molecule has 1 aliphatic carbocycles. The summed E-state index contributed by atoms with van der Waals surface area (Å²) in [6.07, 6.45) is 19.3. The maximum absolute atomic E-state index is 11.2. The fourth-order valence-corrected chi connectivity index (χ4v) is 5.05. The number of nitrogens with zero attached hydrogens (tertiary/aromatic N) is 2. The van der Waals surface area contributed by atoms with Crippen molar-refractivity contribution in [2.24, 2.45) is 0 Å². The summed E-state index contributed by atoms with van der Waals surface area (Å²) in [6, 6.07) is 11.5. The van der Waals surface area contributed by atoms with Crippen LogP contribution in [0.15, 0.2) is 84.3 Å². The number of halogens is 1. The molecule has 1 saturated heterocycles. The van der Waals surface area contributed by atoms with Gasteiger partial charge in [0.05, 0.1) is 5.60 Å². The standard InChI is InChI=1S/C30H29ClN2O3/c1-2-20-35-27-8-3-9-28-26(27)21-22(25-7-4-16-32-29(25)36-28)6-5-17-33-18-14-30(34,15-19-33)23-10-12-24(31)13-11-23/h1,3-4,6-13,16,21,27,34H,5,14-15,17-20H2. The van der Waals surface area contributed by atoms with Gasteiger partial charge in [-0.1, -0.05) is 47.9 Å². The van der Waals surface area contributed by atoms with Crippen LogP contribution < -0.4 is 4.74 Å². The second-order valence-electron chi connectivity index (χ2n) is 9.24. The molecule has 2 aliphatic heterocycles. The van der Waals surface area contributed by atoms with Crippen molar-refractivity contribution in [3.63, 3.8) is 0 Å². The van der Waals surface area contributed by atoms with Gasteiger partial charge in [-0.2, -0.15) is 0 Å². The molecule has 3 aliphatic rings. The first-order valence-corrected chi connectivity index (χ1v) is 12.6. The topological polar surface area (TPSA) is 54.8 Å². The zero-order valence-corrected chi connectivity index (χ0v) is 20.8. The van der Waals surface area contributed by atoms with Crippen molar-refractivity contribution in [3.8, 4) is 18.2 Å². The number of piperidine rings is 1. The van der Waals surface area contributed by atoms with Gasteiger partial charge in [0.15, 0.2) is 0 Å². The molecule has 0 spiro atoms. The highest BCUT2D eigenvalue weighted by Gasteiger charge is 2.33. The number of likely N-dealkylation sites (tertiary alicyclic amines) is 1. The molecule has 6 heteroatoms. The molecule has 36 heavy (non-hydrogen) atoms. The molecule has 0 radical (unpaired) electrons. The minimum absolute atomic E-state index is 0.223. The third kappa shape index (κ3) is 5.33. The zero-order chi connectivity index (χ0) is 25.0. The average molecular weight is 501 g/mol. The maximum atomic E-state index is 11.2. The van der Waals surface area contributed by atoms with Gasteiger partial charge in [-0.3, -0.25) is 0 Å². The highest BCUT2D eigenvalue weighted by atomic mass is 35.5. The van der Waals surface area contributed by atoms with Crippen LogP contribution in [0.25, 0.3) is 5.57 Å². The van der Waals surface area contributed by atoms with Crippen molar-refractivity contribution in [1.82, 2.24) is 9.88 Å². The number of rotatable bonds is 6. The second kappa shape index (κ2) is 10.9. The molecule has 0 amide bonds. The minimum Gasteiger partial charge on any atom is -0.438 e. The summed E-state index contributed by atoms with van der Waals surface area (Å²) in [4.78, 5) is 6.88. The largest absolute Gasteiger partial charge is 0.438 e. The van der Waals surface area contributed by atoms with Crippen molar-refractivity contribution < 1.29 is 14.6 Å². The van der Waals surface area contributed by atoms with E-state index >= 15 is 0 Å². The Balaban J connectivity index is 1.29. The SMILES string of the molecule is C#CCOC1C=CC=C2Oc3ncccc3C(=CCCN3CCC(O)(c4ccc(Cl)cc4)CC3)C=C21. The van der Waals surface area contributed by atoms with E-state index in [1.165, 1.54) is 0 Å². The molecule has 1 unspecified atom stereocenters. The summed E-state index contributed by atoms with van der Waals surface area (Å²) in [5, 5.41) is 11.9. The Morgan fingerprint density at radius 1 is 1.25 bits per heavy atom. The van der Waals surface area contributed by atoms with E-state index in [1.54, 1.807) is 6.20 Å². The van der Waals surface area contributed by atoms with Gasteiger partial charge >= 0.3 is 0 Å². The molecule has 1 atom stereocenters. The molecular weight excluding hydrogens is 472 g/mol. The first-order valence-electron chi connectivity index (χ1n) is 12.3. The Morgan fingerprint density at radius 2 is 2.06 bits per heavy atom. The number of ether oxygens (including phenoxy) is 2.